The molecule has 2 aromatic heterocycles. The van der Waals surface area contributed by atoms with Gasteiger partial charge in [-0.15, -0.1) is 0 Å². The number of fused-ring (bicyclic) bond motifs is 9. The first-order chi connectivity index (χ1) is 27.7. The highest BCUT2D eigenvalue weighted by Crippen LogP contribution is 2.45. The molecule has 0 saturated heterocycles. The maximum atomic E-state index is 5.90. The number of benzene rings is 4. The molecule has 286 valence electrons. The lowest BCUT2D eigenvalue weighted by Crippen LogP contribution is -2.32. The second-order valence-corrected chi connectivity index (χ2v) is 15.6. The zero-order chi connectivity index (χ0) is 38.4. The van der Waals surface area contributed by atoms with Gasteiger partial charge >= 0.3 is 0 Å². The van der Waals surface area contributed by atoms with Crippen molar-refractivity contribution in [3.8, 4) is 45.4 Å². The molecule has 0 aliphatic carbocycles. The minimum atomic E-state index is 0.830. The predicted octanol–water partition coefficient (Wildman–Crippen LogP) is 10.9. The fourth-order valence-corrected chi connectivity index (χ4v) is 8.94. The minimum Gasteiger partial charge on any atom is -0.495 e. The summed E-state index contributed by atoms with van der Waals surface area (Å²) in [6, 6.07) is 31.3. The predicted molar refractivity (Wildman–Crippen MR) is 239 cm³/mol. The fourth-order valence-electron chi connectivity index (χ4n) is 8.94. The quantitative estimate of drug-likeness (QED) is 0.0680. The number of nitrogens with one attached hydrogen (secondary N) is 2. The van der Waals surface area contributed by atoms with Crippen molar-refractivity contribution in [2.24, 2.45) is 0 Å². The van der Waals surface area contributed by atoms with Gasteiger partial charge in [0.25, 0.3) is 14.8 Å². The van der Waals surface area contributed by atoms with Crippen molar-refractivity contribution >= 4 is 48.2 Å². The first-order valence-electron chi connectivity index (χ1n) is 21.2. The molecular formula is C48H56B2N4O2. The third kappa shape index (κ3) is 7.24. The third-order valence-electron chi connectivity index (χ3n) is 11.9. The normalized spacial score (nSPS) is 12.4. The van der Waals surface area contributed by atoms with Gasteiger partial charge in [-0.25, -0.2) is 0 Å². The van der Waals surface area contributed by atoms with Gasteiger partial charge in [0.1, 0.15) is 11.5 Å². The summed E-state index contributed by atoms with van der Waals surface area (Å²) in [6.45, 7) is 4.57. The Labute approximate surface area is 335 Å². The molecule has 8 heteroatoms. The number of anilines is 2. The molecule has 0 amide bonds. The zero-order valence-electron chi connectivity index (χ0n) is 33.8. The van der Waals surface area contributed by atoms with Gasteiger partial charge in [0.05, 0.1) is 48.0 Å². The molecule has 0 bridgehead atoms. The van der Waals surface area contributed by atoms with Crippen LogP contribution < -0.4 is 30.9 Å². The summed E-state index contributed by atoms with van der Waals surface area (Å²) in [5.74, 6) is 1.66. The molecule has 8 rings (SSSR count). The van der Waals surface area contributed by atoms with E-state index in [0.29, 0.717) is 0 Å². The number of nitrogens with zero attached hydrogens (tertiary/aromatic N) is 2. The van der Waals surface area contributed by atoms with Crippen molar-refractivity contribution in [3.05, 3.63) is 96.1 Å². The van der Waals surface area contributed by atoms with Crippen molar-refractivity contribution < 1.29 is 9.47 Å². The number of para-hydroxylation sites is 2. The third-order valence-corrected chi connectivity index (χ3v) is 11.9. The molecule has 56 heavy (non-hydrogen) atoms. The van der Waals surface area contributed by atoms with Crippen LogP contribution in [0.4, 0.5) is 11.4 Å². The number of aromatic nitrogens is 2. The maximum Gasteiger partial charge on any atom is 0.287 e. The van der Waals surface area contributed by atoms with Crippen molar-refractivity contribution in [3.63, 3.8) is 0 Å². The van der Waals surface area contributed by atoms with Gasteiger partial charge in [0.15, 0.2) is 0 Å². The Bertz CT molecular complexity index is 2110. The highest BCUT2D eigenvalue weighted by molar-refractivity contribution is 6.68. The lowest BCUT2D eigenvalue weighted by atomic mass is 9.75. The van der Waals surface area contributed by atoms with E-state index in [-0.39, 0.29) is 0 Å². The largest absolute Gasteiger partial charge is 0.495 e. The van der Waals surface area contributed by atoms with Crippen LogP contribution in [0.1, 0.15) is 102 Å². The molecular weight excluding hydrogens is 686 g/mol. The van der Waals surface area contributed by atoms with E-state index in [0.717, 1.165) is 80.5 Å². The van der Waals surface area contributed by atoms with Crippen LogP contribution in [0.5, 0.6) is 11.5 Å². The molecule has 6 aromatic rings. The molecule has 0 atom stereocenters. The van der Waals surface area contributed by atoms with Crippen LogP contribution in [0.3, 0.4) is 0 Å². The van der Waals surface area contributed by atoms with Gasteiger partial charge < -0.3 is 29.1 Å². The lowest BCUT2D eigenvalue weighted by Gasteiger charge is -2.26. The molecule has 2 N–H and O–H groups in total. The van der Waals surface area contributed by atoms with E-state index in [9.17, 15) is 0 Å². The van der Waals surface area contributed by atoms with E-state index in [1.54, 1.807) is 14.2 Å². The van der Waals surface area contributed by atoms with Crippen LogP contribution in [0.15, 0.2) is 84.9 Å². The number of ether oxygens (including phenoxy) is 2. The van der Waals surface area contributed by atoms with Crippen LogP contribution in [-0.2, 0) is 12.8 Å². The number of hydrogen-bond acceptors (Lipinski definition) is 4. The Morgan fingerprint density at radius 2 is 0.875 bits per heavy atom. The average Bonchev–Trinajstić information content (AvgIpc) is 3.76. The average molecular weight is 743 g/mol. The molecule has 2 radical (unpaired) electrons. The van der Waals surface area contributed by atoms with E-state index >= 15 is 0 Å². The van der Waals surface area contributed by atoms with Gasteiger partial charge in [0, 0.05) is 22.5 Å². The van der Waals surface area contributed by atoms with E-state index in [1.807, 2.05) is 12.1 Å². The zero-order valence-corrected chi connectivity index (χ0v) is 33.8. The van der Waals surface area contributed by atoms with Crippen LogP contribution >= 0.6 is 0 Å². The summed E-state index contributed by atoms with van der Waals surface area (Å²) in [5, 5.41) is 7.34. The molecule has 0 saturated carbocycles. The fraction of sp³-hybridized carbons (Fsp3) is 0.375. The molecule has 0 spiro atoms. The van der Waals surface area contributed by atoms with Crippen molar-refractivity contribution in [2.75, 3.05) is 24.7 Å². The maximum absolute atomic E-state index is 5.90. The first-order valence-corrected chi connectivity index (χ1v) is 21.2. The summed E-state index contributed by atoms with van der Waals surface area (Å²) in [7, 11) is 7.86. The molecule has 4 aromatic carbocycles. The van der Waals surface area contributed by atoms with Gasteiger partial charge in [-0.05, 0) is 84.1 Å². The van der Waals surface area contributed by atoms with Gasteiger partial charge in [-0.3, -0.25) is 0 Å². The number of methoxy groups -OCH3 is 2. The van der Waals surface area contributed by atoms with E-state index in [1.165, 1.54) is 99.2 Å². The van der Waals surface area contributed by atoms with E-state index in [2.05, 4.69) is 121 Å². The number of rotatable bonds is 18. The van der Waals surface area contributed by atoms with Crippen molar-refractivity contribution in [2.45, 2.75) is 104 Å². The van der Waals surface area contributed by atoms with Gasteiger partial charge in [0.2, 0.25) is 0 Å². The Morgan fingerprint density at radius 1 is 0.482 bits per heavy atom. The van der Waals surface area contributed by atoms with Crippen molar-refractivity contribution in [1.82, 2.24) is 9.13 Å². The Hall–Kier alpha value is -4.97. The SMILES string of the molecule is CCCCCCCCc1ccc(-n2c3c(c4c2c2c(n4-c4ccc(CCCCCCCC)cc4)-c4cccc(OC)c4N[B]2)[B]Nc2c(OC)cccc2-3)cc1. The summed E-state index contributed by atoms with van der Waals surface area (Å²) in [6.07, 6.45) is 17.9. The number of aryl methyl sites for hydroxylation is 2. The Morgan fingerprint density at radius 3 is 1.27 bits per heavy atom. The second-order valence-electron chi connectivity index (χ2n) is 15.6. The van der Waals surface area contributed by atoms with Crippen LogP contribution in [0.2, 0.25) is 0 Å². The van der Waals surface area contributed by atoms with Gasteiger partial charge in [-0.1, -0.05) is 127 Å². The molecule has 2 aliphatic rings. The minimum absolute atomic E-state index is 0.830. The second kappa shape index (κ2) is 17.4. The lowest BCUT2D eigenvalue weighted by molar-refractivity contribution is 0.417. The van der Waals surface area contributed by atoms with E-state index in [4.69, 9.17) is 9.47 Å². The molecule has 0 fully saturated rings. The topological polar surface area (TPSA) is 52.4 Å². The van der Waals surface area contributed by atoms with E-state index < -0.39 is 0 Å². The Kier molecular flexibility index (Phi) is 11.8. The summed E-state index contributed by atoms with van der Waals surface area (Å²) >= 11 is 0. The molecule has 4 heterocycles. The molecule has 6 nitrogen and oxygen atoms in total. The van der Waals surface area contributed by atoms with Crippen molar-refractivity contribution in [1.29, 1.82) is 0 Å². The number of unbranched alkanes of at least 4 members (excludes halogenated alkanes) is 10. The highest BCUT2D eigenvalue weighted by Gasteiger charge is 2.36. The molecule has 2 aliphatic heterocycles. The summed E-state index contributed by atoms with van der Waals surface area (Å²) in [5.41, 5.74) is 16.2. The monoisotopic (exact) mass is 742 g/mol. The van der Waals surface area contributed by atoms with Crippen LogP contribution in [0.25, 0.3) is 44.9 Å². The summed E-state index contributed by atoms with van der Waals surface area (Å²) < 4.78 is 16.8. The standard InChI is InChI=1S/C48H56B2N4O2/c1-5-7-9-11-13-15-19-33-25-29-35(30-26-33)53-45-37-21-17-23-39(55-3)43(37)51-49-41(45)48-47(53)42-46(38-22-18-24-40(56-4)44(38)52-50-42)54(48)36-31-27-34(28-32-36)20-16-14-12-10-8-6-2/h17-18,21-32,51-52H,5-16,19-20H2,1-4H3. The number of hydrogen-bond donors (Lipinski definition) is 2. The van der Waals surface area contributed by atoms with Gasteiger partial charge in [-0.2, -0.15) is 0 Å². The highest BCUT2D eigenvalue weighted by atomic mass is 16.5. The smallest absolute Gasteiger partial charge is 0.287 e. The van der Waals surface area contributed by atoms with Crippen LogP contribution in [-0.4, -0.2) is 38.2 Å². The first kappa shape index (κ1) is 37.9. The van der Waals surface area contributed by atoms with Crippen LogP contribution in [0, 0.1) is 0 Å². The summed E-state index contributed by atoms with van der Waals surface area (Å²) in [4.78, 5) is 0. The Balaban J connectivity index is 1.28. The molecule has 0 unspecified atom stereocenters.